The van der Waals surface area contributed by atoms with Gasteiger partial charge in [0.25, 0.3) is 0 Å². The maximum absolute atomic E-state index is 11.4. The first-order valence-corrected chi connectivity index (χ1v) is 6.39. The number of rotatable bonds is 7. The Morgan fingerprint density at radius 3 is 2.71 bits per heavy atom. The summed E-state index contributed by atoms with van der Waals surface area (Å²) in [6.45, 7) is 2.03. The van der Waals surface area contributed by atoms with Gasteiger partial charge in [0.15, 0.2) is 0 Å². The van der Waals surface area contributed by atoms with E-state index in [2.05, 4.69) is 0 Å². The van der Waals surface area contributed by atoms with E-state index in [0.29, 0.717) is 29.4 Å². The second-order valence-corrected chi connectivity index (χ2v) is 4.52. The molecule has 0 aromatic heterocycles. The summed E-state index contributed by atoms with van der Waals surface area (Å²) in [5, 5.41) is 0.630. The summed E-state index contributed by atoms with van der Waals surface area (Å²) in [5.41, 5.74) is 1.15. The van der Waals surface area contributed by atoms with Gasteiger partial charge in [-0.1, -0.05) is 24.6 Å². The number of hydrogen-bond acceptors (Lipinski definition) is 2. The van der Waals surface area contributed by atoms with Gasteiger partial charge in [0, 0.05) is 12.8 Å². The first kappa shape index (κ1) is 14.0. The lowest BCUT2D eigenvalue weighted by molar-refractivity contribution is -0.119. The van der Waals surface area contributed by atoms with Crippen molar-refractivity contribution < 1.29 is 9.53 Å². The highest BCUT2D eigenvalue weighted by atomic mass is 35.5. The SMILES string of the molecule is CCCC(=O)CCCc1ccc(OC)c(Cl)c1. The van der Waals surface area contributed by atoms with Gasteiger partial charge in [-0.2, -0.15) is 0 Å². The van der Waals surface area contributed by atoms with E-state index in [1.807, 2.05) is 25.1 Å². The molecule has 0 bridgehead atoms. The number of carbonyl (C=O) groups excluding carboxylic acids is 1. The molecule has 2 nitrogen and oxygen atoms in total. The van der Waals surface area contributed by atoms with E-state index in [-0.39, 0.29) is 0 Å². The van der Waals surface area contributed by atoms with Crippen LogP contribution in [0.3, 0.4) is 0 Å². The predicted molar refractivity (Wildman–Crippen MR) is 70.9 cm³/mol. The molecule has 0 heterocycles. The minimum Gasteiger partial charge on any atom is -0.495 e. The van der Waals surface area contributed by atoms with Gasteiger partial charge < -0.3 is 4.74 Å². The van der Waals surface area contributed by atoms with Crippen LogP contribution in [0.2, 0.25) is 5.02 Å². The van der Waals surface area contributed by atoms with Crippen molar-refractivity contribution in [1.29, 1.82) is 0 Å². The zero-order valence-electron chi connectivity index (χ0n) is 10.5. The Hall–Kier alpha value is -1.02. The van der Waals surface area contributed by atoms with E-state index in [1.165, 1.54) is 0 Å². The molecule has 94 valence electrons. The zero-order chi connectivity index (χ0) is 12.7. The van der Waals surface area contributed by atoms with Crippen LogP contribution in [0.4, 0.5) is 0 Å². The molecular weight excluding hydrogens is 236 g/mol. The van der Waals surface area contributed by atoms with Gasteiger partial charge in [-0.15, -0.1) is 0 Å². The normalized spacial score (nSPS) is 10.3. The molecule has 0 unspecified atom stereocenters. The third kappa shape index (κ3) is 4.78. The Bertz CT molecular complexity index is 374. The maximum Gasteiger partial charge on any atom is 0.137 e. The van der Waals surface area contributed by atoms with E-state index in [1.54, 1.807) is 7.11 Å². The molecule has 0 aliphatic heterocycles. The van der Waals surface area contributed by atoms with Crippen LogP contribution in [0.25, 0.3) is 0 Å². The molecule has 1 rings (SSSR count). The molecule has 0 N–H and O–H groups in total. The molecule has 17 heavy (non-hydrogen) atoms. The van der Waals surface area contributed by atoms with Crippen LogP contribution in [-0.4, -0.2) is 12.9 Å². The summed E-state index contributed by atoms with van der Waals surface area (Å²) in [6, 6.07) is 5.77. The summed E-state index contributed by atoms with van der Waals surface area (Å²) in [6.07, 6.45) is 4.08. The van der Waals surface area contributed by atoms with Gasteiger partial charge >= 0.3 is 0 Å². The molecule has 0 fully saturated rings. The highest BCUT2D eigenvalue weighted by Crippen LogP contribution is 2.25. The largest absolute Gasteiger partial charge is 0.495 e. The van der Waals surface area contributed by atoms with Crippen molar-refractivity contribution in [1.82, 2.24) is 0 Å². The van der Waals surface area contributed by atoms with Crippen LogP contribution in [0.15, 0.2) is 18.2 Å². The van der Waals surface area contributed by atoms with Crippen molar-refractivity contribution >= 4 is 17.4 Å². The van der Waals surface area contributed by atoms with E-state index in [9.17, 15) is 4.79 Å². The summed E-state index contributed by atoms with van der Waals surface area (Å²) in [5.74, 6) is 1.05. The van der Waals surface area contributed by atoms with Gasteiger partial charge in [-0.25, -0.2) is 0 Å². The molecule has 0 amide bonds. The van der Waals surface area contributed by atoms with Gasteiger partial charge in [-0.3, -0.25) is 4.79 Å². The predicted octanol–water partition coefficient (Wildman–Crippen LogP) is 4.04. The van der Waals surface area contributed by atoms with Crippen LogP contribution in [0.1, 0.15) is 38.2 Å². The number of halogens is 1. The number of benzene rings is 1. The van der Waals surface area contributed by atoms with Crippen molar-refractivity contribution in [2.45, 2.75) is 39.0 Å². The van der Waals surface area contributed by atoms with Crippen molar-refractivity contribution in [3.05, 3.63) is 28.8 Å². The molecule has 0 aliphatic rings. The quantitative estimate of drug-likeness (QED) is 0.734. The lowest BCUT2D eigenvalue weighted by Gasteiger charge is -2.05. The fraction of sp³-hybridized carbons (Fsp3) is 0.500. The Kier molecular flexibility index (Phi) is 6.06. The van der Waals surface area contributed by atoms with Gasteiger partial charge in [0.1, 0.15) is 11.5 Å². The number of hydrogen-bond donors (Lipinski definition) is 0. The average Bonchev–Trinajstić information content (AvgIpc) is 2.29. The third-order valence-electron chi connectivity index (χ3n) is 2.67. The van der Waals surface area contributed by atoms with Crippen molar-refractivity contribution in [2.24, 2.45) is 0 Å². The second-order valence-electron chi connectivity index (χ2n) is 4.11. The van der Waals surface area contributed by atoms with E-state index >= 15 is 0 Å². The van der Waals surface area contributed by atoms with Gasteiger partial charge in [-0.05, 0) is 37.0 Å². The minimum atomic E-state index is 0.354. The molecule has 0 saturated heterocycles. The number of aryl methyl sites for hydroxylation is 1. The first-order chi connectivity index (χ1) is 8.17. The Balaban J connectivity index is 2.42. The lowest BCUT2D eigenvalue weighted by atomic mass is 10.0. The van der Waals surface area contributed by atoms with Crippen LogP contribution < -0.4 is 4.74 Å². The van der Waals surface area contributed by atoms with Crippen LogP contribution in [-0.2, 0) is 11.2 Å². The average molecular weight is 255 g/mol. The summed E-state index contributed by atoms with van der Waals surface area (Å²) in [4.78, 5) is 11.4. The van der Waals surface area contributed by atoms with E-state index < -0.39 is 0 Å². The molecule has 0 spiro atoms. The van der Waals surface area contributed by atoms with E-state index in [4.69, 9.17) is 16.3 Å². The van der Waals surface area contributed by atoms with Gasteiger partial charge in [0.2, 0.25) is 0 Å². The third-order valence-corrected chi connectivity index (χ3v) is 2.96. The molecule has 0 atom stereocenters. The smallest absolute Gasteiger partial charge is 0.137 e. The molecule has 1 aromatic carbocycles. The minimum absolute atomic E-state index is 0.354. The number of Topliss-reactive ketones (excluding diaryl/α,β-unsaturated/α-hetero) is 1. The number of ketones is 1. The van der Waals surface area contributed by atoms with E-state index in [0.717, 1.165) is 24.8 Å². The number of carbonyl (C=O) groups is 1. The van der Waals surface area contributed by atoms with Crippen LogP contribution >= 0.6 is 11.6 Å². The molecule has 0 radical (unpaired) electrons. The Labute approximate surface area is 108 Å². The van der Waals surface area contributed by atoms with Crippen molar-refractivity contribution in [2.75, 3.05) is 7.11 Å². The van der Waals surface area contributed by atoms with Crippen molar-refractivity contribution in [3.8, 4) is 5.75 Å². The number of ether oxygens (including phenoxy) is 1. The second kappa shape index (κ2) is 7.33. The zero-order valence-corrected chi connectivity index (χ0v) is 11.2. The summed E-state index contributed by atoms with van der Waals surface area (Å²) in [7, 11) is 1.60. The molecule has 0 aliphatic carbocycles. The fourth-order valence-electron chi connectivity index (χ4n) is 1.76. The maximum atomic E-state index is 11.4. The summed E-state index contributed by atoms with van der Waals surface area (Å²) < 4.78 is 5.09. The highest BCUT2D eigenvalue weighted by Gasteiger charge is 2.03. The molecule has 0 saturated carbocycles. The molecule has 3 heteroatoms. The Morgan fingerprint density at radius 2 is 2.12 bits per heavy atom. The topological polar surface area (TPSA) is 26.3 Å². The Morgan fingerprint density at radius 1 is 1.35 bits per heavy atom. The fourth-order valence-corrected chi connectivity index (χ4v) is 2.04. The summed E-state index contributed by atoms with van der Waals surface area (Å²) >= 11 is 6.03. The van der Waals surface area contributed by atoms with Crippen LogP contribution in [0.5, 0.6) is 5.75 Å². The van der Waals surface area contributed by atoms with Gasteiger partial charge in [0.05, 0.1) is 12.1 Å². The number of methoxy groups -OCH3 is 1. The highest BCUT2D eigenvalue weighted by molar-refractivity contribution is 6.32. The van der Waals surface area contributed by atoms with Crippen molar-refractivity contribution in [3.63, 3.8) is 0 Å². The standard InChI is InChI=1S/C14H19ClO2/c1-3-5-12(16)7-4-6-11-8-9-14(17-2)13(15)10-11/h8-10H,3-7H2,1-2H3. The molecular formula is C14H19ClO2. The monoisotopic (exact) mass is 254 g/mol. The lowest BCUT2D eigenvalue weighted by Crippen LogP contribution is -1.98. The first-order valence-electron chi connectivity index (χ1n) is 6.01. The van der Waals surface area contributed by atoms with Crippen LogP contribution in [0, 0.1) is 0 Å². The molecule has 1 aromatic rings.